The molecular weight excluding hydrogens is 364 g/mol. The molecule has 6 heteroatoms. The van der Waals surface area contributed by atoms with E-state index in [1.807, 2.05) is 71.6 Å². The number of hydrogen-bond acceptors (Lipinski definition) is 3. The molecule has 29 heavy (non-hydrogen) atoms. The van der Waals surface area contributed by atoms with Crippen LogP contribution in [0.2, 0.25) is 0 Å². The van der Waals surface area contributed by atoms with Gasteiger partial charge in [-0.3, -0.25) is 14.3 Å². The summed E-state index contributed by atoms with van der Waals surface area (Å²) in [6.45, 7) is 5.94. The Morgan fingerprint density at radius 1 is 1.10 bits per heavy atom. The zero-order valence-electron chi connectivity index (χ0n) is 16.8. The normalized spacial score (nSPS) is 12.4. The number of aryl methyl sites for hydroxylation is 2. The van der Waals surface area contributed by atoms with E-state index in [4.69, 9.17) is 0 Å². The zero-order valence-corrected chi connectivity index (χ0v) is 16.8. The first-order valence-electron chi connectivity index (χ1n) is 9.93. The Labute approximate surface area is 168 Å². The highest BCUT2D eigenvalue weighted by Gasteiger charge is 2.24. The first kappa shape index (κ1) is 18.9. The summed E-state index contributed by atoms with van der Waals surface area (Å²) >= 11 is 0. The summed E-state index contributed by atoms with van der Waals surface area (Å²) in [5.41, 5.74) is 3.91. The second-order valence-corrected chi connectivity index (χ2v) is 7.20. The molecule has 0 aliphatic carbocycles. The van der Waals surface area contributed by atoms with Crippen molar-refractivity contribution in [3.63, 3.8) is 0 Å². The summed E-state index contributed by atoms with van der Waals surface area (Å²) in [5.74, 6) is -0.0995. The summed E-state index contributed by atoms with van der Waals surface area (Å²) < 4.78 is 3.82. The summed E-state index contributed by atoms with van der Waals surface area (Å²) in [4.78, 5) is 29.5. The summed E-state index contributed by atoms with van der Waals surface area (Å²) in [6.07, 6.45) is 1.55. The number of para-hydroxylation sites is 1. The van der Waals surface area contributed by atoms with Gasteiger partial charge in [-0.25, -0.2) is 4.52 Å². The summed E-state index contributed by atoms with van der Waals surface area (Å²) in [6, 6.07) is 16.7. The standard InChI is InChI=1S/C23H24N4O2/c1-4-16-10-12-17(13-11-16)24-23(29)19(5-2)27-20-9-7-6-8-18(20)22-25-21(28)14-15(3)26(22)27/h6-14,19H,4-5H2,1-3H3,(H,24,29). The molecule has 0 saturated heterocycles. The van der Waals surface area contributed by atoms with Crippen molar-refractivity contribution < 1.29 is 4.79 Å². The van der Waals surface area contributed by atoms with Crippen molar-refractivity contribution in [3.8, 4) is 0 Å². The number of nitrogens with one attached hydrogen (secondary N) is 1. The SMILES string of the molecule is CCc1ccc(NC(=O)C(CC)n2c3ccccc3c3nc(=O)cc(C)n32)cc1. The summed E-state index contributed by atoms with van der Waals surface area (Å²) in [5, 5.41) is 3.89. The van der Waals surface area contributed by atoms with E-state index in [-0.39, 0.29) is 11.5 Å². The molecule has 4 rings (SSSR count). The maximum absolute atomic E-state index is 13.2. The molecule has 4 aromatic rings. The first-order valence-corrected chi connectivity index (χ1v) is 9.93. The van der Waals surface area contributed by atoms with E-state index < -0.39 is 6.04 Å². The molecule has 0 fully saturated rings. The number of amides is 1. The van der Waals surface area contributed by atoms with E-state index in [1.54, 1.807) is 0 Å². The molecule has 1 N–H and O–H groups in total. The van der Waals surface area contributed by atoms with Gasteiger partial charge in [0.1, 0.15) is 6.04 Å². The second-order valence-electron chi connectivity index (χ2n) is 7.20. The van der Waals surface area contributed by atoms with Crippen LogP contribution in [0.3, 0.4) is 0 Å². The van der Waals surface area contributed by atoms with Crippen LogP contribution < -0.4 is 10.9 Å². The largest absolute Gasteiger partial charge is 0.324 e. The van der Waals surface area contributed by atoms with E-state index in [2.05, 4.69) is 17.2 Å². The Hall–Kier alpha value is -3.41. The van der Waals surface area contributed by atoms with Crippen LogP contribution in [0, 0.1) is 6.92 Å². The smallest absolute Gasteiger partial charge is 0.273 e. The molecule has 2 aromatic carbocycles. The van der Waals surface area contributed by atoms with E-state index in [0.29, 0.717) is 12.1 Å². The van der Waals surface area contributed by atoms with Crippen LogP contribution in [0.5, 0.6) is 0 Å². The highest BCUT2D eigenvalue weighted by atomic mass is 16.2. The highest BCUT2D eigenvalue weighted by molar-refractivity contribution is 5.97. The van der Waals surface area contributed by atoms with E-state index in [9.17, 15) is 9.59 Å². The Bertz CT molecular complexity index is 1250. The maximum Gasteiger partial charge on any atom is 0.273 e. The van der Waals surface area contributed by atoms with Crippen LogP contribution in [0.15, 0.2) is 59.4 Å². The number of carbonyl (C=O) groups excluding carboxylic acids is 1. The molecule has 1 amide bonds. The number of rotatable bonds is 5. The van der Waals surface area contributed by atoms with Crippen molar-refractivity contribution >= 4 is 28.1 Å². The van der Waals surface area contributed by atoms with Gasteiger partial charge in [0.05, 0.1) is 5.52 Å². The average Bonchev–Trinajstić information content (AvgIpc) is 3.04. The predicted octanol–water partition coefficient (Wildman–Crippen LogP) is 4.11. The van der Waals surface area contributed by atoms with Crippen LogP contribution in [0.1, 0.15) is 37.6 Å². The minimum atomic E-state index is -0.453. The Kier molecular flexibility index (Phi) is 4.92. The third-order valence-electron chi connectivity index (χ3n) is 5.30. The lowest BCUT2D eigenvalue weighted by molar-refractivity contribution is -0.119. The van der Waals surface area contributed by atoms with Gasteiger partial charge in [0, 0.05) is 22.8 Å². The molecule has 2 heterocycles. The molecular formula is C23H24N4O2. The quantitative estimate of drug-likeness (QED) is 0.559. The molecule has 148 valence electrons. The average molecular weight is 388 g/mol. The van der Waals surface area contributed by atoms with Gasteiger partial charge in [0.2, 0.25) is 5.91 Å². The first-order chi connectivity index (χ1) is 14.0. The van der Waals surface area contributed by atoms with Crippen molar-refractivity contribution in [1.82, 2.24) is 14.2 Å². The topological polar surface area (TPSA) is 68.4 Å². The molecule has 0 bridgehead atoms. The van der Waals surface area contributed by atoms with Gasteiger partial charge in [0.15, 0.2) is 5.65 Å². The third-order valence-corrected chi connectivity index (χ3v) is 5.30. The van der Waals surface area contributed by atoms with Gasteiger partial charge >= 0.3 is 0 Å². The Balaban J connectivity index is 1.84. The van der Waals surface area contributed by atoms with Gasteiger partial charge in [-0.05, 0) is 49.6 Å². The predicted molar refractivity (Wildman–Crippen MR) is 115 cm³/mol. The van der Waals surface area contributed by atoms with Crippen molar-refractivity contribution in [3.05, 3.63) is 76.2 Å². The Morgan fingerprint density at radius 3 is 2.52 bits per heavy atom. The number of benzene rings is 2. The minimum absolute atomic E-state index is 0.0995. The van der Waals surface area contributed by atoms with Crippen molar-refractivity contribution in [2.75, 3.05) is 5.32 Å². The molecule has 0 saturated carbocycles. The monoisotopic (exact) mass is 388 g/mol. The minimum Gasteiger partial charge on any atom is -0.324 e. The van der Waals surface area contributed by atoms with E-state index in [0.717, 1.165) is 28.7 Å². The zero-order chi connectivity index (χ0) is 20.5. The van der Waals surface area contributed by atoms with Crippen LogP contribution in [0.25, 0.3) is 16.6 Å². The second kappa shape index (κ2) is 7.54. The molecule has 2 aromatic heterocycles. The van der Waals surface area contributed by atoms with Gasteiger partial charge in [0.25, 0.3) is 5.56 Å². The molecule has 0 aliphatic rings. The number of carbonyl (C=O) groups is 1. The fourth-order valence-corrected chi connectivity index (χ4v) is 3.83. The lowest BCUT2D eigenvalue weighted by atomic mass is 10.1. The molecule has 6 nitrogen and oxygen atoms in total. The van der Waals surface area contributed by atoms with E-state index in [1.165, 1.54) is 11.6 Å². The van der Waals surface area contributed by atoms with Crippen molar-refractivity contribution in [2.24, 2.45) is 0 Å². The third kappa shape index (κ3) is 3.31. The summed E-state index contributed by atoms with van der Waals surface area (Å²) in [7, 11) is 0. The van der Waals surface area contributed by atoms with Crippen LogP contribution in [-0.2, 0) is 11.2 Å². The van der Waals surface area contributed by atoms with E-state index >= 15 is 0 Å². The molecule has 1 unspecified atom stereocenters. The lowest BCUT2D eigenvalue weighted by Gasteiger charge is -2.20. The fourth-order valence-electron chi connectivity index (χ4n) is 3.83. The lowest BCUT2D eigenvalue weighted by Crippen LogP contribution is -2.29. The molecule has 1 atom stereocenters. The van der Waals surface area contributed by atoms with Crippen molar-refractivity contribution in [1.29, 1.82) is 0 Å². The molecule has 0 spiro atoms. The van der Waals surface area contributed by atoms with Crippen molar-refractivity contribution in [2.45, 2.75) is 39.7 Å². The van der Waals surface area contributed by atoms with Gasteiger partial charge in [-0.15, -0.1) is 0 Å². The molecule has 0 aliphatic heterocycles. The van der Waals surface area contributed by atoms with Gasteiger partial charge in [-0.1, -0.05) is 38.1 Å². The molecule has 0 radical (unpaired) electrons. The van der Waals surface area contributed by atoms with Gasteiger partial charge in [-0.2, -0.15) is 4.98 Å². The van der Waals surface area contributed by atoms with Crippen LogP contribution in [-0.4, -0.2) is 20.1 Å². The number of anilines is 1. The number of hydrogen-bond donors (Lipinski definition) is 1. The fraction of sp³-hybridized carbons (Fsp3) is 0.261. The van der Waals surface area contributed by atoms with Gasteiger partial charge < -0.3 is 5.32 Å². The number of nitrogens with zero attached hydrogens (tertiary/aromatic N) is 3. The number of aromatic nitrogens is 3. The Morgan fingerprint density at radius 2 is 1.83 bits per heavy atom. The number of fused-ring (bicyclic) bond motifs is 3. The van der Waals surface area contributed by atoms with Crippen LogP contribution in [0.4, 0.5) is 5.69 Å². The maximum atomic E-state index is 13.2. The highest BCUT2D eigenvalue weighted by Crippen LogP contribution is 2.27. The van der Waals surface area contributed by atoms with Crippen LogP contribution >= 0.6 is 0 Å².